The summed E-state index contributed by atoms with van der Waals surface area (Å²) in [5.41, 5.74) is 0.507. The van der Waals surface area contributed by atoms with Gasteiger partial charge in [0.2, 0.25) is 0 Å². The molecule has 3 nitrogen and oxygen atoms in total. The Kier molecular flexibility index (Phi) is 6.39. The van der Waals surface area contributed by atoms with E-state index in [1.807, 2.05) is 6.08 Å². The lowest BCUT2D eigenvalue weighted by Gasteiger charge is -2.36. The average Bonchev–Trinajstić information content (AvgIpc) is 2.45. The fourth-order valence-corrected chi connectivity index (χ4v) is 4.68. The van der Waals surface area contributed by atoms with Crippen molar-refractivity contribution < 1.29 is 14.6 Å². The number of carbonyl (C=O) groups is 1. The van der Waals surface area contributed by atoms with Crippen molar-refractivity contribution in [2.45, 2.75) is 61.8 Å². The number of rotatable bonds is 4. The third-order valence-corrected chi connectivity index (χ3v) is 5.61. The predicted octanol–water partition coefficient (Wildman–Crippen LogP) is 4.22. The van der Waals surface area contributed by atoms with Crippen molar-refractivity contribution in [1.82, 2.24) is 0 Å². The van der Waals surface area contributed by atoms with Gasteiger partial charge in [0.05, 0.1) is 16.9 Å². The topological polar surface area (TPSA) is 46.5 Å². The van der Waals surface area contributed by atoms with Crippen LogP contribution in [0.25, 0.3) is 0 Å². The van der Waals surface area contributed by atoms with Crippen LogP contribution in [-0.2, 0) is 9.53 Å². The Morgan fingerprint density at radius 3 is 2.19 bits per heavy atom. The normalized spacial score (nSPS) is 35.7. The summed E-state index contributed by atoms with van der Waals surface area (Å²) in [7, 11) is 1.60. The third kappa shape index (κ3) is 4.37. The molecule has 0 bridgehead atoms. The largest absolute Gasteiger partial charge is 0.478 e. The maximum absolute atomic E-state index is 11.7. The van der Waals surface area contributed by atoms with Gasteiger partial charge in [-0.2, -0.15) is 0 Å². The lowest BCUT2D eigenvalue weighted by Crippen LogP contribution is -2.41. The summed E-state index contributed by atoms with van der Waals surface area (Å²) in [5, 5.41) is 9.10. The Balaban J connectivity index is 2.11. The number of carboxylic acids is 1. The Morgan fingerprint density at radius 1 is 1.14 bits per heavy atom. The Labute approximate surface area is 136 Å². The lowest BCUT2D eigenvalue weighted by molar-refractivity contribution is -0.133. The fraction of sp³-hybridized carbons (Fsp3) is 0.812. The van der Waals surface area contributed by atoms with Crippen molar-refractivity contribution >= 4 is 29.2 Å². The van der Waals surface area contributed by atoms with Crippen LogP contribution < -0.4 is 0 Å². The highest BCUT2D eigenvalue weighted by atomic mass is 35.5. The molecule has 0 aromatic heterocycles. The van der Waals surface area contributed by atoms with E-state index >= 15 is 0 Å². The minimum Gasteiger partial charge on any atom is -0.478 e. The lowest BCUT2D eigenvalue weighted by atomic mass is 9.79. The zero-order valence-corrected chi connectivity index (χ0v) is 13.9. The number of alkyl halides is 2. The highest BCUT2D eigenvalue weighted by Crippen LogP contribution is 2.38. The molecular formula is C16H24Cl2O3. The summed E-state index contributed by atoms with van der Waals surface area (Å²) < 4.78 is 5.32. The van der Waals surface area contributed by atoms with E-state index in [-0.39, 0.29) is 22.8 Å². The van der Waals surface area contributed by atoms with Crippen LogP contribution in [0.1, 0.15) is 44.9 Å². The zero-order valence-electron chi connectivity index (χ0n) is 12.4. The zero-order chi connectivity index (χ0) is 15.4. The van der Waals surface area contributed by atoms with Gasteiger partial charge in [-0.3, -0.25) is 0 Å². The number of hydrogen-bond acceptors (Lipinski definition) is 2. The standard InChI is InChI=1S/C16H24Cl2O3/c1-21-15-13(17)8-11(9-14(15)18)12(16(19)20)7-10-5-3-2-4-6-10/h7,10-11,13-15H,2-6,8-9H2,1H3,(H,19,20)/b12-7-/t11?,13-,14+,15?. The molecule has 4 atom stereocenters. The molecule has 2 rings (SSSR count). The number of methoxy groups -OCH3 is 1. The van der Waals surface area contributed by atoms with Crippen LogP contribution in [0.4, 0.5) is 0 Å². The quantitative estimate of drug-likeness (QED) is 0.618. The van der Waals surface area contributed by atoms with Crippen molar-refractivity contribution in [3.63, 3.8) is 0 Å². The van der Waals surface area contributed by atoms with E-state index in [0.717, 1.165) is 12.8 Å². The molecule has 0 aromatic rings. The molecule has 0 spiro atoms. The van der Waals surface area contributed by atoms with Crippen LogP contribution in [-0.4, -0.2) is 35.0 Å². The van der Waals surface area contributed by atoms with Crippen LogP contribution in [0.2, 0.25) is 0 Å². The summed E-state index contributed by atoms with van der Waals surface area (Å²) in [6.07, 6.45) is 8.86. The minimum atomic E-state index is -0.825. The van der Waals surface area contributed by atoms with Crippen molar-refractivity contribution in [3.05, 3.63) is 11.6 Å². The van der Waals surface area contributed by atoms with Crippen LogP contribution >= 0.6 is 23.2 Å². The molecule has 0 aromatic carbocycles. The molecule has 0 saturated heterocycles. The number of allylic oxidation sites excluding steroid dienone is 1. The molecule has 2 aliphatic rings. The average molecular weight is 335 g/mol. The summed E-state index contributed by atoms with van der Waals surface area (Å²) in [5.74, 6) is -0.498. The Bertz CT molecular complexity index is 379. The molecule has 0 radical (unpaired) electrons. The smallest absolute Gasteiger partial charge is 0.331 e. The molecule has 2 aliphatic carbocycles. The van der Waals surface area contributed by atoms with Crippen molar-refractivity contribution in [1.29, 1.82) is 0 Å². The molecule has 120 valence electrons. The molecule has 0 amide bonds. The number of carboxylic acid groups (broad SMARTS) is 1. The van der Waals surface area contributed by atoms with Gasteiger partial charge in [-0.25, -0.2) is 4.79 Å². The first-order chi connectivity index (χ1) is 10.0. The second kappa shape index (κ2) is 7.85. The van der Waals surface area contributed by atoms with E-state index in [1.54, 1.807) is 7.11 Å². The van der Waals surface area contributed by atoms with Crippen LogP contribution in [0.3, 0.4) is 0 Å². The first kappa shape index (κ1) is 17.1. The van der Waals surface area contributed by atoms with Gasteiger partial charge in [0.25, 0.3) is 0 Å². The maximum Gasteiger partial charge on any atom is 0.331 e. The summed E-state index contributed by atoms with van der Waals surface area (Å²) in [6, 6.07) is 0. The highest BCUT2D eigenvalue weighted by molar-refractivity contribution is 6.24. The van der Waals surface area contributed by atoms with E-state index in [1.165, 1.54) is 19.3 Å². The molecular weight excluding hydrogens is 311 g/mol. The van der Waals surface area contributed by atoms with Crippen molar-refractivity contribution in [2.75, 3.05) is 7.11 Å². The number of aliphatic carboxylic acids is 1. The molecule has 1 N–H and O–H groups in total. The van der Waals surface area contributed by atoms with Gasteiger partial charge >= 0.3 is 5.97 Å². The molecule has 2 saturated carbocycles. The van der Waals surface area contributed by atoms with Crippen molar-refractivity contribution in [3.8, 4) is 0 Å². The van der Waals surface area contributed by atoms with Gasteiger partial charge in [0, 0.05) is 12.7 Å². The van der Waals surface area contributed by atoms with Gasteiger partial charge in [-0.1, -0.05) is 25.3 Å². The van der Waals surface area contributed by atoms with E-state index in [9.17, 15) is 9.90 Å². The van der Waals surface area contributed by atoms with Crippen LogP contribution in [0.15, 0.2) is 11.6 Å². The molecule has 21 heavy (non-hydrogen) atoms. The summed E-state index contributed by atoms with van der Waals surface area (Å²) in [6.45, 7) is 0. The first-order valence-electron chi connectivity index (χ1n) is 7.78. The SMILES string of the molecule is COC1[C@H](Cl)CC(/C(=C/C2CCCCC2)C(=O)O)C[C@@H]1Cl. The van der Waals surface area contributed by atoms with Gasteiger partial charge in [-0.15, -0.1) is 23.2 Å². The maximum atomic E-state index is 11.7. The summed E-state index contributed by atoms with van der Waals surface area (Å²) in [4.78, 5) is 11.7. The second-order valence-corrected chi connectivity index (χ2v) is 7.35. The Hall–Kier alpha value is -0.250. The monoisotopic (exact) mass is 334 g/mol. The number of halogens is 2. The van der Waals surface area contributed by atoms with Crippen molar-refractivity contribution in [2.24, 2.45) is 11.8 Å². The Morgan fingerprint density at radius 2 is 1.71 bits per heavy atom. The van der Waals surface area contributed by atoms with Gasteiger partial charge < -0.3 is 9.84 Å². The number of ether oxygens (including phenoxy) is 1. The van der Waals surface area contributed by atoms with E-state index < -0.39 is 5.97 Å². The molecule has 0 aliphatic heterocycles. The number of hydrogen-bond donors (Lipinski definition) is 1. The third-order valence-electron chi connectivity index (χ3n) is 4.76. The van der Waals surface area contributed by atoms with E-state index in [2.05, 4.69) is 0 Å². The predicted molar refractivity (Wildman–Crippen MR) is 85.1 cm³/mol. The van der Waals surface area contributed by atoms with E-state index in [0.29, 0.717) is 24.3 Å². The minimum absolute atomic E-state index is 0.0687. The first-order valence-corrected chi connectivity index (χ1v) is 8.66. The molecule has 2 fully saturated rings. The molecule has 2 unspecified atom stereocenters. The van der Waals surface area contributed by atoms with Gasteiger partial charge in [0.15, 0.2) is 0 Å². The molecule has 0 heterocycles. The highest BCUT2D eigenvalue weighted by Gasteiger charge is 2.39. The molecule has 5 heteroatoms. The van der Waals surface area contributed by atoms with Crippen LogP contribution in [0.5, 0.6) is 0 Å². The van der Waals surface area contributed by atoms with Crippen LogP contribution in [0, 0.1) is 11.8 Å². The fourth-order valence-electron chi connectivity index (χ4n) is 3.62. The van der Waals surface area contributed by atoms with E-state index in [4.69, 9.17) is 27.9 Å². The van der Waals surface area contributed by atoms with Gasteiger partial charge in [0.1, 0.15) is 0 Å². The summed E-state index contributed by atoms with van der Waals surface area (Å²) >= 11 is 12.7. The van der Waals surface area contributed by atoms with Gasteiger partial charge in [-0.05, 0) is 37.5 Å². The second-order valence-electron chi connectivity index (χ2n) is 6.23.